The topological polar surface area (TPSA) is 46.8 Å². The molecule has 4 rings (SSSR count). The van der Waals surface area contributed by atoms with Crippen LogP contribution in [-0.4, -0.2) is 15.1 Å². The Labute approximate surface area is 158 Å². The maximum Gasteiger partial charge on any atom is 0.370 e. The van der Waals surface area contributed by atoms with E-state index >= 15 is 0 Å². The molecule has 0 aliphatic carbocycles. The molecule has 137 valence electrons. The predicted octanol–water partition coefficient (Wildman–Crippen LogP) is 4.55. The van der Waals surface area contributed by atoms with E-state index in [1.807, 2.05) is 76.5 Å². The van der Waals surface area contributed by atoms with Crippen LogP contribution in [0.25, 0.3) is 21.8 Å². The molecule has 1 radical (unpaired) electrons. The van der Waals surface area contributed by atoms with Gasteiger partial charge in [-0.1, -0.05) is 36.4 Å². The van der Waals surface area contributed by atoms with Crippen molar-refractivity contribution in [2.24, 2.45) is 14.1 Å². The lowest BCUT2D eigenvalue weighted by molar-refractivity contribution is -0.147. The van der Waals surface area contributed by atoms with Gasteiger partial charge in [0.2, 0.25) is 0 Å². The lowest BCUT2D eigenvalue weighted by Gasteiger charge is -2.26. The molecule has 0 saturated carbocycles. The van der Waals surface area contributed by atoms with Gasteiger partial charge in [-0.2, -0.15) is 0 Å². The lowest BCUT2D eigenvalue weighted by Crippen LogP contribution is -2.34. The van der Waals surface area contributed by atoms with Gasteiger partial charge in [-0.05, 0) is 32.9 Å². The Morgan fingerprint density at radius 3 is 1.52 bits per heavy atom. The van der Waals surface area contributed by atoms with Gasteiger partial charge >= 0.3 is 5.97 Å². The molecule has 0 amide bonds. The number of nitrogens with zero attached hydrogens (tertiary/aromatic N) is 2. The molecule has 2 aromatic heterocycles. The highest BCUT2D eigenvalue weighted by molar-refractivity contribution is 6.00. The minimum atomic E-state index is -1.27. The number of hydrogen-bond acceptors (Lipinski definition) is 1. The van der Waals surface area contributed by atoms with Crippen molar-refractivity contribution in [2.45, 2.75) is 26.2 Å². The Bertz CT molecular complexity index is 1120. The average Bonchev–Trinajstić information content (AvgIpc) is 3.07. The van der Waals surface area contributed by atoms with E-state index < -0.39 is 11.4 Å². The SMILES string of the molecule is Cc1c(C(C)(C([O])=O)c2c(C)n(C)c3ccccc23)c2ccccc2n1C. The average molecular weight is 359 g/mol. The fourth-order valence-corrected chi connectivity index (χ4v) is 4.63. The molecule has 0 aliphatic rings. The molecule has 0 aliphatic heterocycles. The number of benzene rings is 2. The third-order valence-corrected chi connectivity index (χ3v) is 6.21. The van der Waals surface area contributed by atoms with Gasteiger partial charge in [0.1, 0.15) is 5.41 Å². The third-order valence-electron chi connectivity index (χ3n) is 6.21. The van der Waals surface area contributed by atoms with E-state index in [4.69, 9.17) is 0 Å². The summed E-state index contributed by atoms with van der Waals surface area (Å²) in [5.41, 5.74) is 4.27. The Kier molecular flexibility index (Phi) is 3.70. The van der Waals surface area contributed by atoms with Crippen LogP contribution in [0.2, 0.25) is 0 Å². The zero-order chi connectivity index (χ0) is 19.5. The highest BCUT2D eigenvalue weighted by Crippen LogP contribution is 2.44. The second-order valence-electron chi connectivity index (χ2n) is 7.49. The monoisotopic (exact) mass is 359 g/mol. The number of carbonyl (C=O) groups excluding carboxylic acids is 1. The number of fused-ring (bicyclic) bond motifs is 2. The third kappa shape index (κ3) is 2.13. The van der Waals surface area contributed by atoms with E-state index in [-0.39, 0.29) is 0 Å². The van der Waals surface area contributed by atoms with E-state index in [2.05, 4.69) is 9.13 Å². The van der Waals surface area contributed by atoms with Crippen molar-refractivity contribution < 1.29 is 9.90 Å². The van der Waals surface area contributed by atoms with Crippen LogP contribution in [0, 0.1) is 13.8 Å². The van der Waals surface area contributed by atoms with E-state index in [9.17, 15) is 9.90 Å². The maximum absolute atomic E-state index is 12.7. The largest absolute Gasteiger partial charge is 0.370 e. The molecule has 0 saturated heterocycles. The fourth-order valence-electron chi connectivity index (χ4n) is 4.63. The van der Waals surface area contributed by atoms with Crippen LogP contribution in [0.5, 0.6) is 0 Å². The van der Waals surface area contributed by atoms with Crippen molar-refractivity contribution >= 4 is 27.8 Å². The van der Waals surface area contributed by atoms with Crippen molar-refractivity contribution in [1.82, 2.24) is 9.13 Å². The normalized spacial score (nSPS) is 12.2. The van der Waals surface area contributed by atoms with E-state index in [1.165, 1.54) is 0 Å². The van der Waals surface area contributed by atoms with Crippen LogP contribution in [0.3, 0.4) is 0 Å². The molecule has 2 heterocycles. The summed E-state index contributed by atoms with van der Waals surface area (Å²) in [4.78, 5) is 12.7. The first kappa shape index (κ1) is 17.4. The van der Waals surface area contributed by atoms with Gasteiger partial charge < -0.3 is 9.13 Å². The van der Waals surface area contributed by atoms with Gasteiger partial charge in [-0.3, -0.25) is 0 Å². The minimum Gasteiger partial charge on any atom is -0.348 e. The van der Waals surface area contributed by atoms with Gasteiger partial charge in [0.25, 0.3) is 0 Å². The van der Waals surface area contributed by atoms with Gasteiger partial charge in [0.15, 0.2) is 0 Å². The van der Waals surface area contributed by atoms with Crippen molar-refractivity contribution in [2.75, 3.05) is 0 Å². The highest BCUT2D eigenvalue weighted by Gasteiger charge is 2.45. The molecule has 4 aromatic rings. The second kappa shape index (κ2) is 5.74. The molecule has 4 heteroatoms. The Balaban J connectivity index is 2.20. The number of hydrogen-bond donors (Lipinski definition) is 0. The van der Waals surface area contributed by atoms with E-state index in [0.29, 0.717) is 0 Å². The van der Waals surface area contributed by atoms with E-state index in [1.54, 1.807) is 6.92 Å². The van der Waals surface area contributed by atoms with Crippen LogP contribution in [0.1, 0.15) is 29.4 Å². The molecule has 0 spiro atoms. The second-order valence-corrected chi connectivity index (χ2v) is 7.49. The Morgan fingerprint density at radius 2 is 1.15 bits per heavy atom. The first-order valence-corrected chi connectivity index (χ1v) is 9.10. The summed E-state index contributed by atoms with van der Waals surface area (Å²) in [7, 11) is 3.96. The van der Waals surface area contributed by atoms with Crippen molar-refractivity contribution in [1.29, 1.82) is 0 Å². The molecule has 0 N–H and O–H groups in total. The summed E-state index contributed by atoms with van der Waals surface area (Å²) in [5.74, 6) is -1.08. The fraction of sp³-hybridized carbons (Fsp3) is 0.261. The minimum absolute atomic E-state index is 0.806. The predicted molar refractivity (Wildman–Crippen MR) is 107 cm³/mol. The molecule has 27 heavy (non-hydrogen) atoms. The molecule has 0 unspecified atom stereocenters. The molecule has 0 fully saturated rings. The Hall–Kier alpha value is -3.01. The summed E-state index contributed by atoms with van der Waals surface area (Å²) in [5, 5.41) is 14.6. The summed E-state index contributed by atoms with van der Waals surface area (Å²) >= 11 is 0. The van der Waals surface area contributed by atoms with Crippen LogP contribution in [0.15, 0.2) is 48.5 Å². The molecule has 0 atom stereocenters. The zero-order valence-corrected chi connectivity index (χ0v) is 16.3. The first-order chi connectivity index (χ1) is 12.8. The summed E-state index contributed by atoms with van der Waals surface area (Å²) < 4.78 is 4.12. The summed E-state index contributed by atoms with van der Waals surface area (Å²) in [6.07, 6.45) is 0. The number of rotatable bonds is 3. The van der Waals surface area contributed by atoms with Crippen LogP contribution >= 0.6 is 0 Å². The number of carbonyl (C=O) groups is 1. The number of aromatic nitrogens is 2. The molecule has 0 bridgehead atoms. The van der Waals surface area contributed by atoms with Crippen molar-refractivity contribution in [3.05, 3.63) is 71.0 Å². The smallest absolute Gasteiger partial charge is 0.348 e. The first-order valence-electron chi connectivity index (χ1n) is 9.10. The number of aryl methyl sites for hydroxylation is 2. The van der Waals surface area contributed by atoms with Gasteiger partial charge in [-0.25, -0.2) is 9.90 Å². The Morgan fingerprint density at radius 1 is 0.778 bits per heavy atom. The van der Waals surface area contributed by atoms with Gasteiger partial charge in [0, 0.05) is 58.4 Å². The van der Waals surface area contributed by atoms with Gasteiger partial charge in [-0.15, -0.1) is 0 Å². The highest BCUT2D eigenvalue weighted by atomic mass is 16.4. The van der Waals surface area contributed by atoms with Crippen LogP contribution in [0.4, 0.5) is 0 Å². The van der Waals surface area contributed by atoms with Gasteiger partial charge in [0.05, 0.1) is 0 Å². The van der Waals surface area contributed by atoms with Crippen molar-refractivity contribution in [3.8, 4) is 0 Å². The van der Waals surface area contributed by atoms with E-state index in [0.717, 1.165) is 44.3 Å². The molecule has 2 aromatic carbocycles. The molecule has 4 nitrogen and oxygen atoms in total. The standard InChI is InChI=1S/C23H23N2O2/c1-14-20(16-10-6-8-12-18(16)24(14)4)23(3,22(26)27)21-15(2)25(5)19-13-9-7-11-17(19)21/h6-13H,1-5H3. The molecular formula is C23H23N2O2. The maximum atomic E-state index is 12.7. The summed E-state index contributed by atoms with van der Waals surface area (Å²) in [6, 6.07) is 15.9. The summed E-state index contributed by atoms with van der Waals surface area (Å²) in [6.45, 7) is 5.75. The lowest BCUT2D eigenvalue weighted by atomic mass is 9.73. The van der Waals surface area contributed by atoms with Crippen LogP contribution in [-0.2, 0) is 29.4 Å². The van der Waals surface area contributed by atoms with Crippen molar-refractivity contribution in [3.63, 3.8) is 0 Å². The number of para-hydroxylation sites is 2. The quantitative estimate of drug-likeness (QED) is 0.529. The van der Waals surface area contributed by atoms with Crippen LogP contribution < -0.4 is 0 Å². The zero-order valence-electron chi connectivity index (χ0n) is 16.3. The molecular weight excluding hydrogens is 336 g/mol.